The molecule has 0 radical (unpaired) electrons. The number of anilines is 1. The third-order valence-corrected chi connectivity index (χ3v) is 5.71. The van der Waals surface area contributed by atoms with Crippen molar-refractivity contribution in [3.63, 3.8) is 0 Å². The number of nitrogens with zero attached hydrogens (tertiary/aromatic N) is 2. The van der Waals surface area contributed by atoms with Crippen LogP contribution in [0.3, 0.4) is 0 Å². The second-order valence-electron chi connectivity index (χ2n) is 7.73. The number of piperidine rings is 1. The van der Waals surface area contributed by atoms with Gasteiger partial charge in [0.15, 0.2) is 0 Å². The van der Waals surface area contributed by atoms with Gasteiger partial charge < -0.3 is 20.1 Å². The van der Waals surface area contributed by atoms with Crippen LogP contribution in [0.15, 0.2) is 18.3 Å². The van der Waals surface area contributed by atoms with E-state index in [9.17, 15) is 9.90 Å². The van der Waals surface area contributed by atoms with Gasteiger partial charge >= 0.3 is 0 Å². The molecule has 0 aromatic carbocycles. The summed E-state index contributed by atoms with van der Waals surface area (Å²) in [6.07, 6.45) is 7.02. The minimum atomic E-state index is -0.268. The topological polar surface area (TPSA) is 74.7 Å². The summed E-state index contributed by atoms with van der Waals surface area (Å²) in [7, 11) is 0. The lowest BCUT2D eigenvalue weighted by Crippen LogP contribution is -2.51. The van der Waals surface area contributed by atoms with Crippen molar-refractivity contribution in [1.29, 1.82) is 0 Å². The number of pyridine rings is 1. The fourth-order valence-electron chi connectivity index (χ4n) is 3.85. The quantitative estimate of drug-likeness (QED) is 0.874. The van der Waals surface area contributed by atoms with E-state index in [1.165, 1.54) is 12.8 Å². The van der Waals surface area contributed by atoms with Crippen molar-refractivity contribution < 1.29 is 14.6 Å². The van der Waals surface area contributed by atoms with Crippen molar-refractivity contribution in [1.82, 2.24) is 9.88 Å². The Bertz CT molecular complexity index is 607. The molecule has 1 atom stereocenters. The lowest BCUT2D eigenvalue weighted by molar-refractivity contribution is -0.139. The van der Waals surface area contributed by atoms with E-state index in [1.54, 1.807) is 6.20 Å². The van der Waals surface area contributed by atoms with Crippen LogP contribution in [0.1, 0.15) is 48.9 Å². The first kappa shape index (κ1) is 16.8. The van der Waals surface area contributed by atoms with Crippen molar-refractivity contribution in [2.24, 2.45) is 5.92 Å². The fraction of sp³-hybridized carbons (Fsp3) is 0.684. The van der Waals surface area contributed by atoms with Crippen molar-refractivity contribution in [2.45, 2.75) is 50.2 Å². The molecule has 2 saturated heterocycles. The molecule has 2 aliphatic heterocycles. The molecule has 1 aromatic rings. The lowest BCUT2D eigenvalue weighted by atomic mass is 9.83. The minimum Gasteiger partial charge on any atom is -0.393 e. The summed E-state index contributed by atoms with van der Waals surface area (Å²) in [5.41, 5.74) is 0.404. The predicted octanol–water partition coefficient (Wildman–Crippen LogP) is 2.05. The van der Waals surface area contributed by atoms with E-state index in [1.807, 2.05) is 17.0 Å². The fourth-order valence-corrected chi connectivity index (χ4v) is 3.85. The summed E-state index contributed by atoms with van der Waals surface area (Å²) >= 11 is 0. The molecule has 6 nitrogen and oxygen atoms in total. The zero-order valence-corrected chi connectivity index (χ0v) is 14.6. The lowest BCUT2D eigenvalue weighted by Gasteiger charge is -2.45. The van der Waals surface area contributed by atoms with Gasteiger partial charge in [0.05, 0.1) is 17.3 Å². The number of amides is 1. The number of nitrogens with one attached hydrogen (secondary N) is 1. The number of aliphatic hydroxyl groups excluding tert-OH is 1. The monoisotopic (exact) mass is 345 g/mol. The van der Waals surface area contributed by atoms with Gasteiger partial charge in [-0.1, -0.05) is 0 Å². The maximum absolute atomic E-state index is 12.7. The van der Waals surface area contributed by atoms with Gasteiger partial charge in [-0.25, -0.2) is 4.98 Å². The first-order valence-corrected chi connectivity index (χ1v) is 9.45. The van der Waals surface area contributed by atoms with Crippen LogP contribution < -0.4 is 5.32 Å². The van der Waals surface area contributed by atoms with Crippen LogP contribution in [-0.2, 0) is 4.74 Å². The standard InChI is InChI=1S/C19H27N3O3/c23-16-5-10-25-19(11-16)6-8-22(9-7-19)18(24)15-3-4-17(21-13-15)20-12-14-1-2-14/h3-4,13-14,16,23H,1-2,5-12H2,(H,20,21). The number of hydrogen-bond acceptors (Lipinski definition) is 5. The molecule has 3 heterocycles. The molecule has 1 aromatic heterocycles. The molecule has 136 valence electrons. The average Bonchev–Trinajstić information content (AvgIpc) is 3.45. The highest BCUT2D eigenvalue weighted by Gasteiger charge is 2.40. The largest absolute Gasteiger partial charge is 0.393 e. The number of aromatic nitrogens is 1. The van der Waals surface area contributed by atoms with Crippen LogP contribution in [0.2, 0.25) is 0 Å². The van der Waals surface area contributed by atoms with Crippen LogP contribution in [0, 0.1) is 5.92 Å². The Kier molecular flexibility index (Phi) is 4.65. The summed E-state index contributed by atoms with van der Waals surface area (Å²) < 4.78 is 5.96. The van der Waals surface area contributed by atoms with Gasteiger partial charge in [-0.3, -0.25) is 4.79 Å². The molecular weight excluding hydrogens is 318 g/mol. The second-order valence-corrected chi connectivity index (χ2v) is 7.73. The van der Waals surface area contributed by atoms with Crippen molar-refractivity contribution >= 4 is 11.7 Å². The van der Waals surface area contributed by atoms with E-state index in [2.05, 4.69) is 10.3 Å². The Morgan fingerprint density at radius 3 is 2.76 bits per heavy atom. The Labute approximate surface area is 148 Å². The molecule has 25 heavy (non-hydrogen) atoms. The third-order valence-electron chi connectivity index (χ3n) is 5.71. The van der Waals surface area contributed by atoms with Crippen LogP contribution in [-0.4, -0.2) is 58.8 Å². The van der Waals surface area contributed by atoms with Crippen LogP contribution in [0.5, 0.6) is 0 Å². The van der Waals surface area contributed by atoms with E-state index in [0.717, 1.165) is 37.5 Å². The Hall–Kier alpha value is -1.66. The van der Waals surface area contributed by atoms with Gasteiger partial charge in [0.2, 0.25) is 0 Å². The average molecular weight is 345 g/mol. The van der Waals surface area contributed by atoms with Gasteiger partial charge in [-0.05, 0) is 50.2 Å². The number of likely N-dealkylation sites (tertiary alicyclic amines) is 1. The van der Waals surface area contributed by atoms with Gasteiger partial charge in [0.25, 0.3) is 5.91 Å². The van der Waals surface area contributed by atoms with E-state index in [0.29, 0.717) is 31.7 Å². The molecule has 0 bridgehead atoms. The summed E-state index contributed by atoms with van der Waals surface area (Å²) in [6.45, 7) is 2.94. The maximum Gasteiger partial charge on any atom is 0.255 e. The van der Waals surface area contributed by atoms with E-state index in [4.69, 9.17) is 4.74 Å². The Morgan fingerprint density at radius 2 is 2.12 bits per heavy atom. The molecule has 3 aliphatic rings. The van der Waals surface area contributed by atoms with E-state index in [-0.39, 0.29) is 17.6 Å². The molecule has 3 fully saturated rings. The van der Waals surface area contributed by atoms with Crippen molar-refractivity contribution in [3.8, 4) is 0 Å². The Balaban J connectivity index is 1.32. The molecule has 2 N–H and O–H groups in total. The van der Waals surface area contributed by atoms with E-state index < -0.39 is 0 Å². The Morgan fingerprint density at radius 1 is 1.32 bits per heavy atom. The number of hydrogen-bond donors (Lipinski definition) is 2. The summed E-state index contributed by atoms with van der Waals surface area (Å²) in [5, 5.41) is 13.2. The third kappa shape index (κ3) is 3.96. The number of aliphatic hydroxyl groups is 1. The first-order chi connectivity index (χ1) is 12.1. The summed E-state index contributed by atoms with van der Waals surface area (Å²) in [5.74, 6) is 1.67. The number of ether oxygens (including phenoxy) is 1. The molecule has 1 aliphatic carbocycles. The minimum absolute atomic E-state index is 0.0347. The molecule has 6 heteroatoms. The number of carbonyl (C=O) groups excluding carboxylic acids is 1. The summed E-state index contributed by atoms with van der Waals surface area (Å²) in [6, 6.07) is 3.75. The molecule has 1 amide bonds. The van der Waals surface area contributed by atoms with Crippen molar-refractivity contribution in [3.05, 3.63) is 23.9 Å². The number of rotatable bonds is 4. The molecule has 1 spiro atoms. The van der Waals surface area contributed by atoms with Crippen LogP contribution >= 0.6 is 0 Å². The molecule has 1 unspecified atom stereocenters. The highest BCUT2D eigenvalue weighted by Crippen LogP contribution is 2.35. The normalized spacial score (nSPS) is 25.8. The SMILES string of the molecule is O=C(c1ccc(NCC2CC2)nc1)N1CCC2(CC1)CC(O)CCO2. The van der Waals surface area contributed by atoms with Crippen molar-refractivity contribution in [2.75, 3.05) is 31.6 Å². The molecule has 1 saturated carbocycles. The van der Waals surface area contributed by atoms with E-state index >= 15 is 0 Å². The second kappa shape index (κ2) is 6.92. The highest BCUT2D eigenvalue weighted by molar-refractivity contribution is 5.94. The summed E-state index contributed by atoms with van der Waals surface area (Å²) in [4.78, 5) is 18.9. The highest BCUT2D eigenvalue weighted by atomic mass is 16.5. The van der Waals surface area contributed by atoms with Gasteiger partial charge in [-0.2, -0.15) is 0 Å². The molecular formula is C19H27N3O3. The maximum atomic E-state index is 12.7. The van der Waals surface area contributed by atoms with Crippen LogP contribution in [0.25, 0.3) is 0 Å². The first-order valence-electron chi connectivity index (χ1n) is 9.45. The van der Waals surface area contributed by atoms with Gasteiger partial charge in [0, 0.05) is 38.9 Å². The predicted molar refractivity (Wildman–Crippen MR) is 94.5 cm³/mol. The molecule has 4 rings (SSSR count). The zero-order valence-electron chi connectivity index (χ0n) is 14.6. The van der Waals surface area contributed by atoms with Gasteiger partial charge in [-0.15, -0.1) is 0 Å². The smallest absolute Gasteiger partial charge is 0.255 e. The zero-order chi connectivity index (χ0) is 17.3. The van der Waals surface area contributed by atoms with Gasteiger partial charge in [0.1, 0.15) is 5.82 Å². The number of carbonyl (C=O) groups is 1. The van der Waals surface area contributed by atoms with Crippen LogP contribution in [0.4, 0.5) is 5.82 Å².